The molecule has 0 unspecified atom stereocenters. The van der Waals surface area contributed by atoms with E-state index in [0.717, 1.165) is 52.4 Å². The van der Waals surface area contributed by atoms with Crippen molar-refractivity contribution in [1.29, 1.82) is 0 Å². The van der Waals surface area contributed by atoms with E-state index in [0.29, 0.717) is 18.5 Å². The lowest BCUT2D eigenvalue weighted by atomic mass is 9.55. The van der Waals surface area contributed by atoms with Crippen LogP contribution in [0.3, 0.4) is 0 Å². The summed E-state index contributed by atoms with van der Waals surface area (Å²) in [7, 11) is 6.07. The number of carbonyl (C=O) groups is 1. The van der Waals surface area contributed by atoms with Crippen LogP contribution in [0, 0.1) is 0 Å². The number of benzene rings is 3. The molecule has 1 heterocycles. The standard InChI is InChI=1S/C29H34N2O3/c1-31(2)16-15-28(24-9-6-10-26(18-24)34-3)19-25(13-14-29(28,33)20-31)30-27(32)23-12-11-21-7-4-5-8-22(21)17-23/h4-12,17-18,25,33H,13-16,19-20H2,1-3H3/p+1/t25-,28-,29-/m0/s1. The van der Waals surface area contributed by atoms with Crippen molar-refractivity contribution in [3.8, 4) is 5.75 Å². The number of quaternary nitrogens is 1. The molecule has 5 heteroatoms. The van der Waals surface area contributed by atoms with Crippen molar-refractivity contribution in [3.63, 3.8) is 0 Å². The van der Waals surface area contributed by atoms with Gasteiger partial charge in [-0.25, -0.2) is 0 Å². The first-order chi connectivity index (χ1) is 16.2. The summed E-state index contributed by atoms with van der Waals surface area (Å²) in [5.74, 6) is 0.754. The first-order valence-corrected chi connectivity index (χ1v) is 12.2. The molecular formula is C29H35N2O3+. The summed E-state index contributed by atoms with van der Waals surface area (Å²) in [6, 6.07) is 22.1. The van der Waals surface area contributed by atoms with Gasteiger partial charge in [0.1, 0.15) is 17.9 Å². The highest BCUT2D eigenvalue weighted by atomic mass is 16.5. The second-order valence-corrected chi connectivity index (χ2v) is 10.9. The van der Waals surface area contributed by atoms with E-state index in [-0.39, 0.29) is 11.9 Å². The normalized spacial score (nSPS) is 28.2. The molecule has 5 nitrogen and oxygen atoms in total. The molecular weight excluding hydrogens is 424 g/mol. The van der Waals surface area contributed by atoms with Gasteiger partial charge in [0.25, 0.3) is 5.91 Å². The molecule has 1 saturated heterocycles. The third-order valence-electron chi connectivity index (χ3n) is 8.19. The molecule has 1 saturated carbocycles. The molecule has 2 fully saturated rings. The van der Waals surface area contributed by atoms with Crippen LogP contribution in [0.4, 0.5) is 0 Å². The smallest absolute Gasteiger partial charge is 0.251 e. The molecule has 2 aliphatic rings. The Morgan fingerprint density at radius 2 is 1.82 bits per heavy atom. The van der Waals surface area contributed by atoms with Crippen LogP contribution in [0.15, 0.2) is 66.7 Å². The number of methoxy groups -OCH3 is 1. The SMILES string of the molecule is COc1cccc([C@@]23CC[N+](C)(C)C[C@@]2(O)CC[C@H](NC(=O)c2ccc4ccccc4c2)C3)c1. The molecule has 3 atom stereocenters. The van der Waals surface area contributed by atoms with E-state index in [4.69, 9.17) is 4.74 Å². The summed E-state index contributed by atoms with van der Waals surface area (Å²) in [4.78, 5) is 13.2. The van der Waals surface area contributed by atoms with Crippen molar-refractivity contribution >= 4 is 16.7 Å². The Bertz CT molecular complexity index is 1220. The average molecular weight is 460 g/mol. The van der Waals surface area contributed by atoms with E-state index in [9.17, 15) is 9.90 Å². The maximum Gasteiger partial charge on any atom is 0.251 e. The van der Waals surface area contributed by atoms with E-state index < -0.39 is 11.0 Å². The largest absolute Gasteiger partial charge is 0.497 e. The first kappa shape index (κ1) is 22.9. The number of aliphatic hydroxyl groups is 1. The van der Waals surface area contributed by atoms with Crippen LogP contribution < -0.4 is 10.1 Å². The van der Waals surface area contributed by atoms with Gasteiger partial charge in [0, 0.05) is 23.4 Å². The number of carbonyl (C=O) groups excluding carboxylic acids is 1. The van der Waals surface area contributed by atoms with E-state index in [1.165, 1.54) is 0 Å². The lowest BCUT2D eigenvalue weighted by Crippen LogP contribution is -2.70. The molecule has 1 aliphatic carbocycles. The predicted octanol–water partition coefficient (Wildman–Crippen LogP) is 4.28. The summed E-state index contributed by atoms with van der Waals surface area (Å²) in [6.07, 6.45) is 3.01. The van der Waals surface area contributed by atoms with Gasteiger partial charge in [-0.05, 0) is 59.9 Å². The molecule has 178 valence electrons. The number of fused-ring (bicyclic) bond motifs is 2. The molecule has 3 aromatic carbocycles. The first-order valence-electron chi connectivity index (χ1n) is 12.2. The highest BCUT2D eigenvalue weighted by Gasteiger charge is 2.60. The Morgan fingerprint density at radius 3 is 2.62 bits per heavy atom. The lowest BCUT2D eigenvalue weighted by molar-refractivity contribution is -0.905. The van der Waals surface area contributed by atoms with Gasteiger partial charge in [-0.2, -0.15) is 0 Å². The van der Waals surface area contributed by atoms with Gasteiger partial charge in [0.05, 0.1) is 27.7 Å². The molecule has 1 amide bonds. The fraction of sp³-hybridized carbons (Fsp3) is 0.414. The molecule has 5 rings (SSSR count). The van der Waals surface area contributed by atoms with Gasteiger partial charge in [-0.1, -0.05) is 42.5 Å². The zero-order chi connectivity index (χ0) is 24.0. The second-order valence-electron chi connectivity index (χ2n) is 10.9. The molecule has 0 radical (unpaired) electrons. The van der Waals surface area contributed by atoms with Gasteiger partial charge >= 0.3 is 0 Å². The number of likely N-dealkylation sites (tertiary alicyclic amines) is 1. The summed E-state index contributed by atoms with van der Waals surface area (Å²) in [6.45, 7) is 1.68. The summed E-state index contributed by atoms with van der Waals surface area (Å²) in [5.41, 5.74) is 0.537. The summed E-state index contributed by atoms with van der Waals surface area (Å²) < 4.78 is 6.33. The van der Waals surface area contributed by atoms with E-state index in [1.807, 2.05) is 48.5 Å². The van der Waals surface area contributed by atoms with E-state index in [1.54, 1.807) is 7.11 Å². The monoisotopic (exact) mass is 459 g/mol. The molecule has 0 bridgehead atoms. The predicted molar refractivity (Wildman–Crippen MR) is 135 cm³/mol. The number of ether oxygens (including phenoxy) is 1. The van der Waals surface area contributed by atoms with Crippen LogP contribution in [0.2, 0.25) is 0 Å². The molecule has 0 spiro atoms. The zero-order valence-electron chi connectivity index (χ0n) is 20.4. The molecule has 1 aliphatic heterocycles. The number of piperidine rings is 1. The van der Waals surface area contributed by atoms with Crippen molar-refractivity contribution in [2.24, 2.45) is 0 Å². The Labute approximate surface area is 201 Å². The van der Waals surface area contributed by atoms with Gasteiger partial charge < -0.3 is 19.6 Å². The summed E-state index contributed by atoms with van der Waals surface area (Å²) >= 11 is 0. The van der Waals surface area contributed by atoms with Crippen molar-refractivity contribution in [3.05, 3.63) is 77.9 Å². The topological polar surface area (TPSA) is 58.6 Å². The summed E-state index contributed by atoms with van der Waals surface area (Å²) in [5, 5.41) is 17.6. The highest BCUT2D eigenvalue weighted by Crippen LogP contribution is 2.53. The minimum absolute atomic E-state index is 0.000779. The van der Waals surface area contributed by atoms with Gasteiger partial charge in [0.15, 0.2) is 0 Å². The number of likely N-dealkylation sites (N-methyl/N-ethyl adjacent to an activating group) is 1. The van der Waals surface area contributed by atoms with E-state index in [2.05, 4.69) is 37.6 Å². The average Bonchev–Trinajstić information content (AvgIpc) is 2.83. The maximum absolute atomic E-state index is 13.2. The minimum Gasteiger partial charge on any atom is -0.497 e. The van der Waals surface area contributed by atoms with Gasteiger partial charge in [-0.15, -0.1) is 0 Å². The van der Waals surface area contributed by atoms with Crippen molar-refractivity contribution in [2.45, 2.75) is 42.7 Å². The number of nitrogens with one attached hydrogen (secondary N) is 1. The number of rotatable bonds is 4. The Kier molecular flexibility index (Phi) is 5.65. The third kappa shape index (κ3) is 3.97. The van der Waals surface area contributed by atoms with Crippen LogP contribution in [0.5, 0.6) is 5.75 Å². The Hall–Kier alpha value is -2.89. The van der Waals surface area contributed by atoms with Crippen LogP contribution >= 0.6 is 0 Å². The fourth-order valence-corrected chi connectivity index (χ4v) is 6.38. The highest BCUT2D eigenvalue weighted by molar-refractivity contribution is 5.98. The number of nitrogens with zero attached hydrogens (tertiary/aromatic N) is 1. The van der Waals surface area contributed by atoms with Crippen LogP contribution in [-0.4, -0.2) is 61.4 Å². The zero-order valence-corrected chi connectivity index (χ0v) is 20.4. The van der Waals surface area contributed by atoms with Crippen LogP contribution in [-0.2, 0) is 5.41 Å². The van der Waals surface area contributed by atoms with Crippen molar-refractivity contribution in [1.82, 2.24) is 5.32 Å². The maximum atomic E-state index is 13.2. The number of amides is 1. The number of hydrogen-bond donors (Lipinski definition) is 2. The second kappa shape index (κ2) is 8.40. The van der Waals surface area contributed by atoms with Crippen LogP contribution in [0.1, 0.15) is 41.6 Å². The molecule has 34 heavy (non-hydrogen) atoms. The lowest BCUT2D eigenvalue weighted by Gasteiger charge is -2.58. The quantitative estimate of drug-likeness (QED) is 0.573. The number of hydrogen-bond acceptors (Lipinski definition) is 3. The van der Waals surface area contributed by atoms with Gasteiger partial charge in [0.2, 0.25) is 0 Å². The van der Waals surface area contributed by atoms with Gasteiger partial charge in [-0.3, -0.25) is 4.79 Å². The van der Waals surface area contributed by atoms with Crippen LogP contribution in [0.25, 0.3) is 10.8 Å². The molecule has 3 aromatic rings. The third-order valence-corrected chi connectivity index (χ3v) is 8.19. The molecule has 0 aromatic heterocycles. The Balaban J connectivity index is 1.45. The van der Waals surface area contributed by atoms with Crippen molar-refractivity contribution in [2.75, 3.05) is 34.3 Å². The fourth-order valence-electron chi connectivity index (χ4n) is 6.38. The van der Waals surface area contributed by atoms with Crippen molar-refractivity contribution < 1.29 is 19.1 Å². The Morgan fingerprint density at radius 1 is 1.03 bits per heavy atom. The molecule has 2 N–H and O–H groups in total. The minimum atomic E-state index is -0.828. The van der Waals surface area contributed by atoms with E-state index >= 15 is 0 Å².